The number of halogens is 2. The van der Waals surface area contributed by atoms with Crippen molar-refractivity contribution in [2.45, 2.75) is 6.42 Å². The number of aromatic amines is 1. The van der Waals surface area contributed by atoms with Crippen molar-refractivity contribution in [2.75, 3.05) is 11.9 Å². The fourth-order valence-corrected chi connectivity index (χ4v) is 3.53. The number of H-pyrrole nitrogens is 1. The molecule has 0 radical (unpaired) electrons. The van der Waals surface area contributed by atoms with Crippen LogP contribution in [0.5, 0.6) is 0 Å². The molecule has 0 aliphatic heterocycles. The fourth-order valence-electron chi connectivity index (χ4n) is 3.24. The number of benzene rings is 2. The number of anilines is 2. The van der Waals surface area contributed by atoms with Crippen LogP contribution in [0.15, 0.2) is 48.7 Å². The molecule has 0 saturated heterocycles. The van der Waals surface area contributed by atoms with Gasteiger partial charge in [0.15, 0.2) is 5.96 Å². The van der Waals surface area contributed by atoms with Crippen molar-refractivity contribution in [2.24, 2.45) is 5.73 Å². The molecule has 2 aromatic heterocycles. The first-order valence-electron chi connectivity index (χ1n) is 8.70. The van der Waals surface area contributed by atoms with Gasteiger partial charge in [-0.2, -0.15) is 0 Å². The molecule has 0 fully saturated rings. The Labute approximate surface area is 171 Å². The summed E-state index contributed by atoms with van der Waals surface area (Å²) in [7, 11) is 0. The van der Waals surface area contributed by atoms with E-state index in [9.17, 15) is 0 Å². The van der Waals surface area contributed by atoms with E-state index in [1.807, 2.05) is 24.3 Å². The second-order valence-electron chi connectivity index (χ2n) is 6.45. The van der Waals surface area contributed by atoms with Crippen LogP contribution in [0.4, 0.5) is 11.5 Å². The topological polar surface area (TPSA) is 103 Å². The van der Waals surface area contributed by atoms with Crippen LogP contribution in [0.3, 0.4) is 0 Å². The average molecular weight is 413 g/mol. The Hall–Kier alpha value is -2.96. The van der Waals surface area contributed by atoms with Crippen LogP contribution in [0.1, 0.15) is 5.56 Å². The monoisotopic (exact) mass is 412 g/mol. The normalized spacial score (nSPS) is 11.1. The lowest BCUT2D eigenvalue weighted by molar-refractivity contribution is 0.857. The van der Waals surface area contributed by atoms with Crippen molar-refractivity contribution < 1.29 is 0 Å². The zero-order chi connectivity index (χ0) is 19.7. The molecule has 4 aromatic rings. The maximum Gasteiger partial charge on any atom is 0.185 e. The number of hydrogen-bond donors (Lipinski definition) is 5. The van der Waals surface area contributed by atoms with Gasteiger partial charge in [0.25, 0.3) is 0 Å². The number of aromatic nitrogens is 2. The lowest BCUT2D eigenvalue weighted by atomic mass is 10.0. The highest BCUT2D eigenvalue weighted by Gasteiger charge is 2.12. The molecule has 0 unspecified atom stereocenters. The van der Waals surface area contributed by atoms with E-state index in [0.29, 0.717) is 28.8 Å². The van der Waals surface area contributed by atoms with Gasteiger partial charge >= 0.3 is 0 Å². The summed E-state index contributed by atoms with van der Waals surface area (Å²) in [6.45, 7) is 0.559. The maximum absolute atomic E-state index is 7.36. The predicted molar refractivity (Wildman–Crippen MR) is 117 cm³/mol. The van der Waals surface area contributed by atoms with Crippen LogP contribution in [0.25, 0.3) is 21.8 Å². The highest BCUT2D eigenvalue weighted by atomic mass is 35.5. The first-order valence-corrected chi connectivity index (χ1v) is 9.45. The molecule has 8 heteroatoms. The molecule has 0 saturated carbocycles. The average Bonchev–Trinajstić information content (AvgIpc) is 3.01. The molecular weight excluding hydrogens is 395 g/mol. The van der Waals surface area contributed by atoms with E-state index in [1.54, 1.807) is 12.3 Å². The number of nitrogens with one attached hydrogen (secondary N) is 4. The maximum atomic E-state index is 7.36. The second-order valence-corrected chi connectivity index (χ2v) is 7.32. The zero-order valence-corrected chi connectivity index (χ0v) is 16.3. The third-order valence-electron chi connectivity index (χ3n) is 4.46. The first-order chi connectivity index (χ1) is 13.5. The summed E-state index contributed by atoms with van der Waals surface area (Å²) in [5.41, 5.74) is 9.46. The third-order valence-corrected chi connectivity index (χ3v) is 4.92. The van der Waals surface area contributed by atoms with Gasteiger partial charge in [-0.25, -0.2) is 4.98 Å². The van der Waals surface area contributed by atoms with E-state index in [2.05, 4.69) is 32.7 Å². The van der Waals surface area contributed by atoms with E-state index in [1.165, 1.54) is 0 Å². The van der Waals surface area contributed by atoms with Crippen LogP contribution in [-0.2, 0) is 6.42 Å². The van der Waals surface area contributed by atoms with Crippen molar-refractivity contribution >= 4 is 62.5 Å². The lowest BCUT2D eigenvalue weighted by Gasteiger charge is -2.11. The highest BCUT2D eigenvalue weighted by Crippen LogP contribution is 2.33. The molecule has 0 atom stereocenters. The van der Waals surface area contributed by atoms with Gasteiger partial charge in [-0.3, -0.25) is 5.41 Å². The summed E-state index contributed by atoms with van der Waals surface area (Å²) < 4.78 is 0. The minimum atomic E-state index is -0.0423. The van der Waals surface area contributed by atoms with E-state index < -0.39 is 0 Å². The van der Waals surface area contributed by atoms with Gasteiger partial charge in [0, 0.05) is 45.3 Å². The van der Waals surface area contributed by atoms with Gasteiger partial charge in [-0.15, -0.1) is 0 Å². The molecule has 6 nitrogen and oxygen atoms in total. The number of fused-ring (bicyclic) bond motifs is 3. The minimum absolute atomic E-state index is 0.0423. The summed E-state index contributed by atoms with van der Waals surface area (Å²) in [5.74, 6) is 0.661. The van der Waals surface area contributed by atoms with Crippen LogP contribution in [0.2, 0.25) is 10.0 Å². The third kappa shape index (κ3) is 3.83. The molecule has 2 heterocycles. The molecule has 4 rings (SSSR count). The highest BCUT2D eigenvalue weighted by molar-refractivity contribution is 6.32. The summed E-state index contributed by atoms with van der Waals surface area (Å²) in [6.07, 6.45) is 2.30. The molecule has 6 N–H and O–H groups in total. The van der Waals surface area contributed by atoms with Crippen molar-refractivity contribution in [3.63, 3.8) is 0 Å². The Bertz CT molecular complexity index is 1170. The van der Waals surface area contributed by atoms with Crippen molar-refractivity contribution in [3.8, 4) is 0 Å². The van der Waals surface area contributed by atoms with E-state index >= 15 is 0 Å². The number of guanidine groups is 1. The molecule has 0 spiro atoms. The molecule has 28 heavy (non-hydrogen) atoms. The Kier molecular flexibility index (Phi) is 4.98. The predicted octanol–water partition coefficient (Wildman–Crippen LogP) is 4.79. The summed E-state index contributed by atoms with van der Waals surface area (Å²) in [6, 6.07) is 13.6. The van der Waals surface area contributed by atoms with Crippen LogP contribution in [0, 0.1) is 5.41 Å². The molecule has 0 amide bonds. The van der Waals surface area contributed by atoms with Crippen molar-refractivity contribution in [3.05, 3.63) is 64.3 Å². The first kappa shape index (κ1) is 18.4. The van der Waals surface area contributed by atoms with Crippen LogP contribution in [-0.4, -0.2) is 22.5 Å². The molecule has 142 valence electrons. The molecule has 0 aliphatic rings. The number of nitrogens with zero attached hydrogens (tertiary/aromatic N) is 1. The minimum Gasteiger partial charge on any atom is -0.370 e. The largest absolute Gasteiger partial charge is 0.370 e. The van der Waals surface area contributed by atoms with Crippen molar-refractivity contribution in [1.29, 1.82) is 5.41 Å². The Morgan fingerprint density at radius 2 is 1.89 bits per heavy atom. The van der Waals surface area contributed by atoms with Crippen molar-refractivity contribution in [1.82, 2.24) is 15.3 Å². The second kappa shape index (κ2) is 7.58. The summed E-state index contributed by atoms with van der Waals surface area (Å²) in [5, 5.41) is 16.9. The summed E-state index contributed by atoms with van der Waals surface area (Å²) >= 11 is 12.1. The van der Waals surface area contributed by atoms with Crippen LogP contribution < -0.4 is 16.4 Å². The summed E-state index contributed by atoms with van der Waals surface area (Å²) in [4.78, 5) is 7.78. The van der Waals surface area contributed by atoms with Gasteiger partial charge < -0.3 is 21.4 Å². The molecule has 2 aromatic carbocycles. The zero-order valence-electron chi connectivity index (χ0n) is 14.8. The quantitative estimate of drug-likeness (QED) is 0.240. The molecule has 0 bridgehead atoms. The lowest BCUT2D eigenvalue weighted by Crippen LogP contribution is -2.31. The van der Waals surface area contributed by atoms with E-state index in [-0.39, 0.29) is 5.96 Å². The van der Waals surface area contributed by atoms with Gasteiger partial charge in [0.05, 0.1) is 5.02 Å². The standard InChI is InChI=1S/C20H18Cl2N6/c21-12-1-3-17-15(8-12)16-9-14(27-18-4-2-13(22)10-26-18)7-11(19(16)28-17)5-6-25-20(23)24/h1-4,7-10,28H,5-6H2,(H,26,27)(H4,23,24,25). The van der Waals surface area contributed by atoms with Crippen LogP contribution >= 0.6 is 23.2 Å². The molecular formula is C20H18Cl2N6. The van der Waals surface area contributed by atoms with Gasteiger partial charge in [-0.1, -0.05) is 23.2 Å². The molecule has 0 aliphatic carbocycles. The Morgan fingerprint density at radius 3 is 2.64 bits per heavy atom. The number of pyridine rings is 1. The van der Waals surface area contributed by atoms with Gasteiger partial charge in [0.2, 0.25) is 0 Å². The fraction of sp³-hybridized carbons (Fsp3) is 0.100. The smallest absolute Gasteiger partial charge is 0.185 e. The Balaban J connectivity index is 1.80. The number of rotatable bonds is 5. The van der Waals surface area contributed by atoms with Gasteiger partial charge in [0.1, 0.15) is 5.82 Å². The van der Waals surface area contributed by atoms with E-state index in [0.717, 1.165) is 33.1 Å². The SMILES string of the molecule is N=C(N)NCCc1cc(Nc2ccc(Cl)cn2)cc2c1[nH]c1ccc(Cl)cc12. The Morgan fingerprint density at radius 1 is 1.07 bits per heavy atom. The number of nitrogens with two attached hydrogens (primary N) is 1. The van der Waals surface area contributed by atoms with Gasteiger partial charge in [-0.05, 0) is 54.4 Å². The van der Waals surface area contributed by atoms with E-state index in [4.69, 9.17) is 34.3 Å². The number of hydrogen-bond acceptors (Lipinski definition) is 3.